The van der Waals surface area contributed by atoms with Crippen LogP contribution < -0.4 is 4.72 Å². The van der Waals surface area contributed by atoms with Crippen molar-refractivity contribution < 1.29 is 13.2 Å². The Bertz CT molecular complexity index is 884. The molecule has 0 saturated carbocycles. The molecular weight excluding hydrogens is 407 g/mol. The lowest BCUT2D eigenvalue weighted by Crippen LogP contribution is -2.36. The fraction of sp³-hybridized carbons (Fsp3) is 0.368. The second-order valence-corrected chi connectivity index (χ2v) is 9.11. The first-order valence-corrected chi connectivity index (χ1v) is 11.1. The maximum Gasteiger partial charge on any atom is 0.216 e. The summed E-state index contributed by atoms with van der Waals surface area (Å²) in [6.07, 6.45) is 0. The molecule has 1 aliphatic rings. The summed E-state index contributed by atoms with van der Waals surface area (Å²) in [5, 5.41) is 0.753. The minimum atomic E-state index is -3.50. The fourth-order valence-corrected chi connectivity index (χ4v) is 4.39. The number of sulfonamides is 1. The normalized spacial score (nSPS) is 15.8. The summed E-state index contributed by atoms with van der Waals surface area (Å²) in [6, 6.07) is 12.7. The number of benzene rings is 2. The van der Waals surface area contributed by atoms with Crippen LogP contribution in [-0.2, 0) is 33.6 Å². The van der Waals surface area contributed by atoms with Crippen molar-refractivity contribution in [2.75, 3.05) is 26.3 Å². The van der Waals surface area contributed by atoms with Crippen LogP contribution in [0.25, 0.3) is 0 Å². The number of morpholine rings is 1. The summed E-state index contributed by atoms with van der Waals surface area (Å²) >= 11 is 11.8. The van der Waals surface area contributed by atoms with Crippen LogP contribution in [0.3, 0.4) is 0 Å². The second kappa shape index (κ2) is 9.37. The first-order chi connectivity index (χ1) is 12.9. The highest BCUT2D eigenvalue weighted by Gasteiger charge is 2.16. The molecule has 0 aromatic heterocycles. The third kappa shape index (κ3) is 6.17. The SMILES string of the molecule is O=S(=O)(Cc1ccc(Cl)c(Cl)c1)NCc1ccccc1CN1CCOCC1. The van der Waals surface area contributed by atoms with Gasteiger partial charge in [-0.2, -0.15) is 0 Å². The molecule has 1 N–H and O–H groups in total. The van der Waals surface area contributed by atoms with Gasteiger partial charge in [0.15, 0.2) is 0 Å². The maximum absolute atomic E-state index is 12.5. The molecule has 0 radical (unpaired) electrons. The van der Waals surface area contributed by atoms with Gasteiger partial charge in [-0.3, -0.25) is 4.90 Å². The van der Waals surface area contributed by atoms with E-state index in [-0.39, 0.29) is 12.3 Å². The number of hydrogen-bond donors (Lipinski definition) is 1. The molecule has 146 valence electrons. The zero-order chi connectivity index (χ0) is 19.3. The molecule has 8 heteroatoms. The summed E-state index contributed by atoms with van der Waals surface area (Å²) < 4.78 is 33.0. The molecule has 27 heavy (non-hydrogen) atoms. The monoisotopic (exact) mass is 428 g/mol. The number of halogens is 2. The Kier molecular flexibility index (Phi) is 7.14. The molecule has 0 amide bonds. The third-order valence-corrected chi connectivity index (χ3v) is 6.48. The highest BCUT2D eigenvalue weighted by Crippen LogP contribution is 2.23. The Balaban J connectivity index is 1.63. The quantitative estimate of drug-likeness (QED) is 0.733. The molecule has 3 rings (SSSR count). The number of nitrogens with zero attached hydrogens (tertiary/aromatic N) is 1. The minimum Gasteiger partial charge on any atom is -0.379 e. The molecule has 1 fully saturated rings. The number of nitrogens with one attached hydrogen (secondary N) is 1. The Hall–Kier alpha value is -1.15. The lowest BCUT2D eigenvalue weighted by Gasteiger charge is -2.27. The molecule has 1 heterocycles. The van der Waals surface area contributed by atoms with Crippen LogP contribution in [0.15, 0.2) is 42.5 Å². The van der Waals surface area contributed by atoms with Gasteiger partial charge in [0, 0.05) is 26.2 Å². The lowest BCUT2D eigenvalue weighted by atomic mass is 10.1. The average Bonchev–Trinajstić information content (AvgIpc) is 2.65. The first kappa shape index (κ1) is 20.6. The minimum absolute atomic E-state index is 0.143. The first-order valence-electron chi connectivity index (χ1n) is 8.71. The van der Waals surface area contributed by atoms with E-state index in [1.165, 1.54) is 0 Å². The van der Waals surface area contributed by atoms with Crippen molar-refractivity contribution in [1.82, 2.24) is 9.62 Å². The van der Waals surface area contributed by atoms with Gasteiger partial charge in [0.1, 0.15) is 0 Å². The highest BCUT2D eigenvalue weighted by molar-refractivity contribution is 7.88. The number of hydrogen-bond acceptors (Lipinski definition) is 4. The Labute approximate surface area is 170 Å². The standard InChI is InChI=1S/C19H22Cl2N2O3S/c20-18-6-5-15(11-19(18)21)14-27(24,25)22-12-16-3-1-2-4-17(16)13-23-7-9-26-10-8-23/h1-6,11,22H,7-10,12-14H2. The van der Waals surface area contributed by atoms with E-state index in [1.54, 1.807) is 18.2 Å². The smallest absolute Gasteiger partial charge is 0.216 e. The van der Waals surface area contributed by atoms with Gasteiger partial charge in [-0.25, -0.2) is 13.1 Å². The summed E-state index contributed by atoms with van der Waals surface area (Å²) in [5.74, 6) is -0.143. The van der Waals surface area contributed by atoms with Gasteiger partial charge in [0.2, 0.25) is 10.0 Å². The van der Waals surface area contributed by atoms with E-state index in [0.717, 1.165) is 44.0 Å². The van der Waals surface area contributed by atoms with Crippen LogP contribution in [0.2, 0.25) is 10.0 Å². The molecule has 5 nitrogen and oxygen atoms in total. The molecule has 1 aliphatic heterocycles. The van der Waals surface area contributed by atoms with Crippen molar-refractivity contribution in [3.63, 3.8) is 0 Å². The average molecular weight is 429 g/mol. The summed E-state index contributed by atoms with van der Waals surface area (Å²) in [6.45, 7) is 4.28. The summed E-state index contributed by atoms with van der Waals surface area (Å²) in [7, 11) is -3.50. The van der Waals surface area contributed by atoms with E-state index >= 15 is 0 Å². The Morgan fingerprint density at radius 3 is 2.41 bits per heavy atom. The number of rotatable bonds is 7. The van der Waals surface area contributed by atoms with E-state index in [2.05, 4.69) is 9.62 Å². The van der Waals surface area contributed by atoms with Crippen molar-refractivity contribution in [3.05, 3.63) is 69.2 Å². The van der Waals surface area contributed by atoms with Gasteiger partial charge >= 0.3 is 0 Å². The maximum atomic E-state index is 12.5. The molecule has 0 atom stereocenters. The van der Waals surface area contributed by atoms with Gasteiger partial charge in [-0.05, 0) is 28.8 Å². The van der Waals surface area contributed by atoms with Gasteiger partial charge in [-0.1, -0.05) is 53.5 Å². The lowest BCUT2D eigenvalue weighted by molar-refractivity contribution is 0.0341. The highest BCUT2D eigenvalue weighted by atomic mass is 35.5. The van der Waals surface area contributed by atoms with E-state index in [1.807, 2.05) is 24.3 Å². The van der Waals surface area contributed by atoms with Crippen molar-refractivity contribution in [3.8, 4) is 0 Å². The van der Waals surface area contributed by atoms with Crippen molar-refractivity contribution >= 4 is 33.2 Å². The Morgan fingerprint density at radius 2 is 1.70 bits per heavy atom. The summed E-state index contributed by atoms with van der Waals surface area (Å²) in [5.41, 5.74) is 2.69. The molecule has 2 aromatic carbocycles. The third-order valence-electron chi connectivity index (χ3n) is 4.44. The molecule has 0 spiro atoms. The van der Waals surface area contributed by atoms with Gasteiger partial charge in [0.05, 0.1) is 29.0 Å². The molecule has 0 unspecified atom stereocenters. The largest absolute Gasteiger partial charge is 0.379 e. The van der Waals surface area contributed by atoms with E-state index in [4.69, 9.17) is 27.9 Å². The van der Waals surface area contributed by atoms with Crippen LogP contribution in [0.1, 0.15) is 16.7 Å². The van der Waals surface area contributed by atoms with E-state index in [0.29, 0.717) is 15.6 Å². The Morgan fingerprint density at radius 1 is 1.00 bits per heavy atom. The molecule has 1 saturated heterocycles. The summed E-state index contributed by atoms with van der Waals surface area (Å²) in [4.78, 5) is 2.31. The van der Waals surface area contributed by atoms with Gasteiger partial charge in [-0.15, -0.1) is 0 Å². The molecule has 0 aliphatic carbocycles. The van der Waals surface area contributed by atoms with Crippen molar-refractivity contribution in [2.24, 2.45) is 0 Å². The van der Waals surface area contributed by atoms with Crippen LogP contribution in [0.5, 0.6) is 0 Å². The second-order valence-electron chi connectivity index (χ2n) is 6.49. The molecule has 2 aromatic rings. The topological polar surface area (TPSA) is 58.6 Å². The fourth-order valence-electron chi connectivity index (χ4n) is 2.97. The van der Waals surface area contributed by atoms with Crippen LogP contribution >= 0.6 is 23.2 Å². The molecule has 0 bridgehead atoms. The predicted octanol–water partition coefficient (Wildman–Crippen LogP) is 3.45. The van der Waals surface area contributed by atoms with Crippen LogP contribution in [-0.4, -0.2) is 39.6 Å². The zero-order valence-corrected chi connectivity index (χ0v) is 17.2. The number of ether oxygens (including phenoxy) is 1. The van der Waals surface area contributed by atoms with Gasteiger partial charge < -0.3 is 4.74 Å². The van der Waals surface area contributed by atoms with Gasteiger partial charge in [0.25, 0.3) is 0 Å². The van der Waals surface area contributed by atoms with Crippen molar-refractivity contribution in [2.45, 2.75) is 18.8 Å². The van der Waals surface area contributed by atoms with Crippen LogP contribution in [0.4, 0.5) is 0 Å². The zero-order valence-electron chi connectivity index (χ0n) is 14.8. The van der Waals surface area contributed by atoms with E-state index in [9.17, 15) is 8.42 Å². The molecular formula is C19H22Cl2N2O3S. The van der Waals surface area contributed by atoms with Crippen molar-refractivity contribution in [1.29, 1.82) is 0 Å². The van der Waals surface area contributed by atoms with E-state index < -0.39 is 10.0 Å². The predicted molar refractivity (Wildman–Crippen MR) is 108 cm³/mol. The van der Waals surface area contributed by atoms with Crippen LogP contribution in [0, 0.1) is 0 Å².